The highest BCUT2D eigenvalue weighted by molar-refractivity contribution is 5.95. The van der Waals surface area contributed by atoms with E-state index in [9.17, 15) is 4.79 Å². The molecular formula is C16H20N4O. The number of carbonyl (C=O) groups excluding carboxylic acids is 1. The zero-order valence-corrected chi connectivity index (χ0v) is 12.4. The first-order valence-corrected chi connectivity index (χ1v) is 7.25. The predicted molar refractivity (Wildman–Crippen MR) is 82.0 cm³/mol. The molecule has 110 valence electrons. The molecule has 1 aliphatic rings. The van der Waals surface area contributed by atoms with Gasteiger partial charge >= 0.3 is 0 Å². The molecular weight excluding hydrogens is 264 g/mol. The van der Waals surface area contributed by atoms with E-state index in [4.69, 9.17) is 0 Å². The van der Waals surface area contributed by atoms with Crippen LogP contribution in [0.3, 0.4) is 0 Å². The number of amides is 1. The van der Waals surface area contributed by atoms with Crippen LogP contribution in [0.4, 0.5) is 0 Å². The Morgan fingerprint density at radius 3 is 2.95 bits per heavy atom. The number of aryl methyl sites for hydroxylation is 1. The Balaban J connectivity index is 1.84. The van der Waals surface area contributed by atoms with Crippen molar-refractivity contribution < 1.29 is 4.79 Å². The summed E-state index contributed by atoms with van der Waals surface area (Å²) in [5.74, 6) is 0.106. The summed E-state index contributed by atoms with van der Waals surface area (Å²) in [4.78, 5) is 14.5. The van der Waals surface area contributed by atoms with E-state index in [1.54, 1.807) is 4.68 Å². The summed E-state index contributed by atoms with van der Waals surface area (Å²) in [6.45, 7) is 4.48. The molecule has 0 spiro atoms. The van der Waals surface area contributed by atoms with Crippen molar-refractivity contribution in [3.05, 3.63) is 42.2 Å². The highest BCUT2D eigenvalue weighted by atomic mass is 16.2. The average Bonchev–Trinajstić information content (AvgIpc) is 2.93. The lowest BCUT2D eigenvalue weighted by atomic mass is 10.0. The number of aromatic nitrogens is 2. The second-order valence-electron chi connectivity index (χ2n) is 5.59. The van der Waals surface area contributed by atoms with E-state index in [1.807, 2.05) is 48.6 Å². The number of nitrogens with one attached hydrogen (secondary N) is 1. The smallest absolute Gasteiger partial charge is 0.253 e. The number of benzene rings is 1. The van der Waals surface area contributed by atoms with Crippen molar-refractivity contribution in [1.29, 1.82) is 0 Å². The first-order valence-electron chi connectivity index (χ1n) is 7.25. The van der Waals surface area contributed by atoms with Crippen LogP contribution in [0.15, 0.2) is 36.7 Å². The van der Waals surface area contributed by atoms with Gasteiger partial charge in [0.05, 0.1) is 6.20 Å². The molecule has 0 aliphatic carbocycles. The molecule has 1 atom stereocenters. The molecule has 2 heterocycles. The molecule has 1 aliphatic heterocycles. The minimum absolute atomic E-state index is 0.106. The van der Waals surface area contributed by atoms with Gasteiger partial charge in [0.15, 0.2) is 0 Å². The quantitative estimate of drug-likeness (QED) is 0.909. The minimum atomic E-state index is 0.106. The topological polar surface area (TPSA) is 50.2 Å². The van der Waals surface area contributed by atoms with Gasteiger partial charge in [-0.1, -0.05) is 12.1 Å². The Hall–Kier alpha value is -2.14. The number of carbonyl (C=O) groups is 1. The number of rotatable bonds is 2. The summed E-state index contributed by atoms with van der Waals surface area (Å²) in [7, 11) is 1.89. The average molecular weight is 284 g/mol. The third kappa shape index (κ3) is 2.97. The zero-order chi connectivity index (χ0) is 14.8. The number of piperazine rings is 1. The van der Waals surface area contributed by atoms with Crippen LogP contribution >= 0.6 is 0 Å². The van der Waals surface area contributed by atoms with Crippen LogP contribution in [0.5, 0.6) is 0 Å². The molecule has 1 saturated heterocycles. The van der Waals surface area contributed by atoms with Crippen LogP contribution < -0.4 is 5.32 Å². The summed E-state index contributed by atoms with van der Waals surface area (Å²) < 4.78 is 1.77. The van der Waals surface area contributed by atoms with Gasteiger partial charge in [-0.15, -0.1) is 0 Å². The zero-order valence-electron chi connectivity index (χ0n) is 12.4. The van der Waals surface area contributed by atoms with Crippen molar-refractivity contribution in [2.75, 3.05) is 19.6 Å². The Kier molecular flexibility index (Phi) is 3.75. The second-order valence-corrected chi connectivity index (χ2v) is 5.59. The summed E-state index contributed by atoms with van der Waals surface area (Å²) >= 11 is 0. The van der Waals surface area contributed by atoms with Gasteiger partial charge in [-0.25, -0.2) is 0 Å². The van der Waals surface area contributed by atoms with Crippen molar-refractivity contribution >= 4 is 5.91 Å². The van der Waals surface area contributed by atoms with E-state index < -0.39 is 0 Å². The SMILES string of the molecule is C[C@H]1CN(C(=O)c2cccc(-c3cnn(C)c3)c2)CCN1. The van der Waals surface area contributed by atoms with E-state index in [1.165, 1.54) is 0 Å². The standard InChI is InChI=1S/C16H20N4O/c1-12-10-20(7-6-17-12)16(21)14-5-3-4-13(8-14)15-9-18-19(2)11-15/h3-5,8-9,11-12,17H,6-7,10H2,1-2H3/t12-/m0/s1. The van der Waals surface area contributed by atoms with Crippen molar-refractivity contribution in [3.63, 3.8) is 0 Å². The first-order chi connectivity index (χ1) is 10.1. The normalized spacial score (nSPS) is 18.8. The van der Waals surface area contributed by atoms with E-state index in [0.29, 0.717) is 6.04 Å². The molecule has 1 N–H and O–H groups in total. The molecule has 5 heteroatoms. The fourth-order valence-corrected chi connectivity index (χ4v) is 2.70. The Bertz CT molecular complexity index is 649. The van der Waals surface area contributed by atoms with Gasteiger partial charge in [-0.2, -0.15) is 5.10 Å². The summed E-state index contributed by atoms with van der Waals surface area (Å²) in [6, 6.07) is 8.13. The van der Waals surface area contributed by atoms with Gasteiger partial charge in [-0.3, -0.25) is 9.48 Å². The lowest BCUT2D eigenvalue weighted by molar-refractivity contribution is 0.0709. The van der Waals surface area contributed by atoms with Gasteiger partial charge in [0.1, 0.15) is 0 Å². The lowest BCUT2D eigenvalue weighted by Gasteiger charge is -2.32. The second kappa shape index (κ2) is 5.69. The van der Waals surface area contributed by atoms with Gasteiger partial charge in [-0.05, 0) is 24.6 Å². The molecule has 5 nitrogen and oxygen atoms in total. The third-order valence-electron chi connectivity index (χ3n) is 3.80. The lowest BCUT2D eigenvalue weighted by Crippen LogP contribution is -2.51. The van der Waals surface area contributed by atoms with Crippen LogP contribution in [0.1, 0.15) is 17.3 Å². The third-order valence-corrected chi connectivity index (χ3v) is 3.80. The fraction of sp³-hybridized carbons (Fsp3) is 0.375. The molecule has 0 unspecified atom stereocenters. The van der Waals surface area contributed by atoms with Crippen molar-refractivity contribution in [2.45, 2.75) is 13.0 Å². The molecule has 0 bridgehead atoms. The van der Waals surface area contributed by atoms with Gasteiger partial charge in [0, 0.05) is 50.0 Å². The maximum atomic E-state index is 12.6. The molecule has 1 amide bonds. The van der Waals surface area contributed by atoms with Crippen molar-refractivity contribution in [1.82, 2.24) is 20.0 Å². The largest absolute Gasteiger partial charge is 0.336 e. The highest BCUT2D eigenvalue weighted by Crippen LogP contribution is 2.20. The molecule has 0 saturated carbocycles. The van der Waals surface area contributed by atoms with Crippen LogP contribution in [0, 0.1) is 0 Å². The van der Waals surface area contributed by atoms with Crippen LogP contribution in [-0.2, 0) is 7.05 Å². The number of hydrogen-bond donors (Lipinski definition) is 1. The van der Waals surface area contributed by atoms with E-state index in [2.05, 4.69) is 17.3 Å². The van der Waals surface area contributed by atoms with Gasteiger partial charge < -0.3 is 10.2 Å². The fourth-order valence-electron chi connectivity index (χ4n) is 2.70. The summed E-state index contributed by atoms with van der Waals surface area (Å²) in [6.07, 6.45) is 3.77. The van der Waals surface area contributed by atoms with E-state index in [0.717, 1.165) is 36.3 Å². The maximum Gasteiger partial charge on any atom is 0.253 e. The monoisotopic (exact) mass is 284 g/mol. The van der Waals surface area contributed by atoms with Crippen LogP contribution in [0.25, 0.3) is 11.1 Å². The highest BCUT2D eigenvalue weighted by Gasteiger charge is 2.21. The molecule has 21 heavy (non-hydrogen) atoms. The van der Waals surface area contributed by atoms with Gasteiger partial charge in [0.25, 0.3) is 5.91 Å². The Labute approximate surface area is 124 Å². The van der Waals surface area contributed by atoms with Crippen LogP contribution in [-0.4, -0.2) is 46.3 Å². The molecule has 2 aromatic rings. The van der Waals surface area contributed by atoms with E-state index in [-0.39, 0.29) is 5.91 Å². The predicted octanol–water partition coefficient (Wildman–Crippen LogP) is 1.52. The first kappa shape index (κ1) is 13.8. The summed E-state index contributed by atoms with van der Waals surface area (Å²) in [5.41, 5.74) is 2.79. The number of hydrogen-bond acceptors (Lipinski definition) is 3. The van der Waals surface area contributed by atoms with Crippen molar-refractivity contribution in [3.8, 4) is 11.1 Å². The summed E-state index contributed by atoms with van der Waals surface area (Å²) in [5, 5.41) is 7.53. The molecule has 0 radical (unpaired) electrons. The maximum absolute atomic E-state index is 12.6. The minimum Gasteiger partial charge on any atom is -0.336 e. The molecule has 1 aromatic carbocycles. The van der Waals surface area contributed by atoms with Gasteiger partial charge in [0.2, 0.25) is 0 Å². The Morgan fingerprint density at radius 2 is 2.24 bits per heavy atom. The number of nitrogens with zero attached hydrogens (tertiary/aromatic N) is 3. The van der Waals surface area contributed by atoms with Crippen molar-refractivity contribution in [2.24, 2.45) is 7.05 Å². The molecule has 1 aromatic heterocycles. The Morgan fingerprint density at radius 1 is 1.38 bits per heavy atom. The van der Waals surface area contributed by atoms with Crippen LogP contribution in [0.2, 0.25) is 0 Å². The van der Waals surface area contributed by atoms with E-state index >= 15 is 0 Å². The molecule has 1 fully saturated rings. The molecule has 3 rings (SSSR count).